The number of rotatable bonds is 16. The minimum Gasteiger partial charge on any atom is -0.494 e. The van der Waals surface area contributed by atoms with Gasteiger partial charge in [0.25, 0.3) is 0 Å². The summed E-state index contributed by atoms with van der Waals surface area (Å²) in [6, 6.07) is 12.8. The fraction of sp³-hybridized carbons (Fsp3) is 0.429. The van der Waals surface area contributed by atoms with Crippen LogP contribution in [0.4, 0.5) is 11.4 Å². The fourth-order valence-electron chi connectivity index (χ4n) is 4.30. The molecule has 0 amide bonds. The van der Waals surface area contributed by atoms with Crippen molar-refractivity contribution < 1.29 is 32.9 Å². The van der Waals surface area contributed by atoms with E-state index in [1.807, 2.05) is 24.3 Å². The maximum atomic E-state index is 5.92. The lowest BCUT2D eigenvalue weighted by Crippen LogP contribution is -2.35. The van der Waals surface area contributed by atoms with E-state index >= 15 is 0 Å². The molecule has 1 aliphatic heterocycles. The number of quaternary nitrogens is 1. The first-order valence-corrected chi connectivity index (χ1v) is 15.5. The number of hydrogen-bond acceptors (Lipinski definition) is 8. The monoisotopic (exact) mass is 606 g/mol. The molecule has 0 saturated heterocycles. The third-order valence-electron chi connectivity index (χ3n) is 6.62. The van der Waals surface area contributed by atoms with Crippen LogP contribution < -0.4 is 14.2 Å². The molecule has 1 heterocycles. The Morgan fingerprint density at radius 1 is 0.523 bits per heavy atom. The minimum absolute atomic E-state index is 0.418. The molecule has 0 atom stereocenters. The van der Waals surface area contributed by atoms with E-state index < -0.39 is 0 Å². The van der Waals surface area contributed by atoms with E-state index in [2.05, 4.69) is 31.4 Å². The average Bonchev–Trinajstić information content (AvgIpc) is 3.02. The molecule has 0 aromatic heterocycles. The van der Waals surface area contributed by atoms with Crippen LogP contribution in [0, 0.1) is 0 Å². The summed E-state index contributed by atoms with van der Waals surface area (Å²) in [6.07, 6.45) is 23.9. The van der Waals surface area contributed by atoms with E-state index in [4.69, 9.17) is 28.4 Å². The maximum Gasteiger partial charge on any atom is 0.171 e. The van der Waals surface area contributed by atoms with E-state index in [1.54, 1.807) is 18.2 Å². The van der Waals surface area contributed by atoms with Crippen LogP contribution >= 0.6 is 0 Å². The minimum atomic E-state index is 0.418. The molecule has 0 saturated carbocycles. The molecule has 0 unspecified atom stereocenters. The highest BCUT2D eigenvalue weighted by Gasteiger charge is 2.07. The summed E-state index contributed by atoms with van der Waals surface area (Å²) >= 11 is 0. The van der Waals surface area contributed by atoms with Gasteiger partial charge in [0, 0.05) is 6.07 Å². The van der Waals surface area contributed by atoms with Crippen LogP contribution in [0.2, 0.25) is 0 Å². The Labute approximate surface area is 262 Å². The number of nitrogens with zero attached hydrogens (tertiary/aromatic N) is 3. The molecule has 0 radical (unpaired) electrons. The fourth-order valence-corrected chi connectivity index (χ4v) is 4.30. The van der Waals surface area contributed by atoms with Crippen LogP contribution in [0.25, 0.3) is 0 Å². The molecule has 2 aromatic rings. The van der Waals surface area contributed by atoms with E-state index in [-0.39, 0.29) is 0 Å². The third-order valence-corrected chi connectivity index (χ3v) is 6.62. The molecule has 0 bridgehead atoms. The summed E-state index contributed by atoms with van der Waals surface area (Å²) in [6.45, 7) is 2.01. The Kier molecular flexibility index (Phi) is 16.1. The number of hydrogen-bond donors (Lipinski definition) is 0. The second-order valence-corrected chi connectivity index (χ2v) is 11.5. The number of unbranched alkanes of at least 4 members (excludes halogenated alkanes) is 9. The Morgan fingerprint density at radius 3 is 1.59 bits per heavy atom. The molecule has 1 aliphatic rings. The first-order valence-electron chi connectivity index (χ1n) is 15.5. The van der Waals surface area contributed by atoms with Gasteiger partial charge in [0.2, 0.25) is 0 Å². The number of ether oxygens (including phenoxy) is 6. The molecule has 238 valence electrons. The molecule has 0 spiro atoms. The predicted molar refractivity (Wildman–Crippen MR) is 173 cm³/mol. The van der Waals surface area contributed by atoms with Gasteiger partial charge in [-0.05, 0) is 55.7 Å². The zero-order chi connectivity index (χ0) is 31.1. The quantitative estimate of drug-likeness (QED) is 0.107. The molecule has 0 aliphatic carbocycles. The molecular weight excluding hydrogens is 558 g/mol. The van der Waals surface area contributed by atoms with Gasteiger partial charge in [0.05, 0.1) is 45.7 Å². The molecular formula is C35H48N3O6+. The zero-order valence-electron chi connectivity index (χ0n) is 26.4. The summed E-state index contributed by atoms with van der Waals surface area (Å²) in [4.78, 5) is 0. The topological polar surface area (TPSA) is 80.1 Å². The smallest absolute Gasteiger partial charge is 0.171 e. The van der Waals surface area contributed by atoms with Gasteiger partial charge in [-0.1, -0.05) is 44.9 Å². The van der Waals surface area contributed by atoms with Crippen molar-refractivity contribution in [2.75, 3.05) is 34.3 Å². The molecule has 9 nitrogen and oxygen atoms in total. The second-order valence-electron chi connectivity index (χ2n) is 11.5. The molecule has 9 heteroatoms. The number of benzene rings is 2. The predicted octanol–water partition coefficient (Wildman–Crippen LogP) is 9.79. The average molecular weight is 607 g/mol. The molecule has 3 rings (SSSR count). The van der Waals surface area contributed by atoms with Crippen molar-refractivity contribution in [3.63, 3.8) is 0 Å². The van der Waals surface area contributed by atoms with Crippen molar-refractivity contribution in [1.82, 2.24) is 0 Å². The summed E-state index contributed by atoms with van der Waals surface area (Å²) in [7, 11) is 6.81. The summed E-state index contributed by atoms with van der Waals surface area (Å²) < 4.78 is 33.6. The van der Waals surface area contributed by atoms with Crippen LogP contribution in [0.15, 0.2) is 103 Å². The highest BCUT2D eigenvalue weighted by Crippen LogP contribution is 2.33. The number of azo groups is 1. The maximum absolute atomic E-state index is 5.92. The van der Waals surface area contributed by atoms with Crippen LogP contribution in [0.3, 0.4) is 0 Å². The summed E-state index contributed by atoms with van der Waals surface area (Å²) in [5.74, 6) is 1.71. The van der Waals surface area contributed by atoms with Gasteiger partial charge < -0.3 is 32.9 Å². The van der Waals surface area contributed by atoms with E-state index in [0.717, 1.165) is 28.9 Å². The van der Waals surface area contributed by atoms with Gasteiger partial charge in [-0.25, -0.2) is 0 Å². The van der Waals surface area contributed by atoms with Gasteiger partial charge in [0.15, 0.2) is 11.5 Å². The van der Waals surface area contributed by atoms with Gasteiger partial charge in [-0.2, -0.15) is 10.2 Å². The summed E-state index contributed by atoms with van der Waals surface area (Å²) in [5, 5.41) is 8.68. The lowest BCUT2D eigenvalue weighted by Gasteiger charge is -2.23. The van der Waals surface area contributed by atoms with Gasteiger partial charge in [-0.15, -0.1) is 0 Å². The first kappa shape index (κ1) is 34.3. The van der Waals surface area contributed by atoms with Crippen molar-refractivity contribution in [3.8, 4) is 17.2 Å². The zero-order valence-corrected chi connectivity index (χ0v) is 26.4. The van der Waals surface area contributed by atoms with Crippen molar-refractivity contribution in [2.24, 2.45) is 10.2 Å². The number of fused-ring (bicyclic) bond motifs is 1. The van der Waals surface area contributed by atoms with Crippen LogP contribution in [-0.2, 0) is 14.2 Å². The van der Waals surface area contributed by atoms with Crippen LogP contribution in [0.5, 0.6) is 17.2 Å². The van der Waals surface area contributed by atoms with E-state index in [9.17, 15) is 0 Å². The summed E-state index contributed by atoms with van der Waals surface area (Å²) in [5.41, 5.74) is 1.31. The highest BCUT2D eigenvalue weighted by atomic mass is 16.5. The van der Waals surface area contributed by atoms with Crippen LogP contribution in [0.1, 0.15) is 64.2 Å². The first-order chi connectivity index (χ1) is 21.5. The van der Waals surface area contributed by atoms with Gasteiger partial charge in [-0.3, -0.25) is 0 Å². The SMILES string of the molecule is C[N+](C)(C)CCCCCCCCCCCCOc1ccc(N=Nc2ccc3c(c2)O/C=C\O/C=C\O/C=C\O/C=C\O3)cc1. The lowest BCUT2D eigenvalue weighted by molar-refractivity contribution is -0.870. The normalized spacial score (nSPS) is 16.4. The Balaban J connectivity index is 1.34. The highest BCUT2D eigenvalue weighted by molar-refractivity contribution is 5.52. The standard InChI is InChI=1S/C35H48N3O6/c1-38(2,3)20-12-10-8-6-4-5-7-9-11-13-21-42-33-17-14-31(15-18-33)36-37-32-16-19-34-35(30-32)44-29-27-41-25-23-39-22-24-40-26-28-43-34/h14-19,22-30H,4-13,20-21H2,1-3H3/q+1/b24-22-,25-23-,28-26-,29-27-,37-36?. The van der Waals surface area contributed by atoms with Crippen LogP contribution in [-0.4, -0.2) is 38.8 Å². The Hall–Kier alpha value is -4.24. The molecule has 44 heavy (non-hydrogen) atoms. The second kappa shape index (κ2) is 20.6. The van der Waals surface area contributed by atoms with Crippen molar-refractivity contribution >= 4 is 11.4 Å². The Bertz CT molecular complexity index is 1220. The van der Waals surface area contributed by atoms with Crippen molar-refractivity contribution in [2.45, 2.75) is 64.2 Å². The van der Waals surface area contributed by atoms with Crippen molar-refractivity contribution in [3.05, 3.63) is 92.6 Å². The van der Waals surface area contributed by atoms with E-state index in [0.29, 0.717) is 17.2 Å². The largest absolute Gasteiger partial charge is 0.494 e. The molecule has 0 N–H and O–H groups in total. The Morgan fingerprint density at radius 2 is 1.00 bits per heavy atom. The molecule has 0 fully saturated rings. The van der Waals surface area contributed by atoms with Crippen molar-refractivity contribution in [1.29, 1.82) is 0 Å². The lowest BCUT2D eigenvalue weighted by atomic mass is 10.1. The van der Waals surface area contributed by atoms with Gasteiger partial charge in [0.1, 0.15) is 55.8 Å². The third kappa shape index (κ3) is 15.8. The molecule has 2 aromatic carbocycles. The van der Waals surface area contributed by atoms with E-state index in [1.165, 1.54) is 114 Å². The van der Waals surface area contributed by atoms with Gasteiger partial charge >= 0.3 is 0 Å².